The molecule has 1 aliphatic rings. The van der Waals surface area contributed by atoms with Crippen molar-refractivity contribution in [2.75, 3.05) is 34.9 Å². The second kappa shape index (κ2) is 37.2. The van der Waals surface area contributed by atoms with E-state index in [1.54, 1.807) is 0 Å². The number of thioether (sulfide) groups is 1. The van der Waals surface area contributed by atoms with E-state index >= 15 is 0 Å². The van der Waals surface area contributed by atoms with Crippen molar-refractivity contribution in [2.24, 2.45) is 0 Å². The van der Waals surface area contributed by atoms with E-state index in [1.807, 2.05) is 59.2 Å². The van der Waals surface area contributed by atoms with Gasteiger partial charge in [0.15, 0.2) is 11.2 Å². The lowest BCUT2D eigenvalue weighted by Crippen LogP contribution is -2.62. The van der Waals surface area contributed by atoms with Crippen LogP contribution in [0, 0.1) is 0 Å². The molecule has 1 aliphatic carbocycles. The van der Waals surface area contributed by atoms with Crippen LogP contribution in [0.3, 0.4) is 0 Å². The number of aromatic amines is 1. The molecule has 0 saturated carbocycles. The van der Waals surface area contributed by atoms with Gasteiger partial charge < -0.3 is 89.2 Å². The Kier molecular flexibility index (Phi) is 28.8. The minimum Gasteiger partial charge on any atom is -0.481 e. The van der Waals surface area contributed by atoms with Gasteiger partial charge in [-0.15, -0.1) is 0 Å². The van der Waals surface area contributed by atoms with Crippen molar-refractivity contribution in [3.8, 4) is 11.1 Å². The third kappa shape index (κ3) is 22.8. The van der Waals surface area contributed by atoms with Crippen LogP contribution in [0.1, 0.15) is 91.4 Å². The Morgan fingerprint density at radius 2 is 1.10 bits per heavy atom. The highest BCUT2D eigenvalue weighted by molar-refractivity contribution is 7.99. The predicted molar refractivity (Wildman–Crippen MR) is 356 cm³/mol. The average Bonchev–Trinajstić information content (AvgIpc) is 1.61. The van der Waals surface area contributed by atoms with Gasteiger partial charge in [0.25, 0.3) is 11.5 Å². The van der Waals surface area contributed by atoms with Crippen LogP contribution < -0.4 is 64.5 Å². The van der Waals surface area contributed by atoms with Crippen LogP contribution in [0.5, 0.6) is 0 Å². The van der Waals surface area contributed by atoms with E-state index in [1.165, 1.54) is 49.1 Å². The lowest BCUT2D eigenvalue weighted by atomic mass is 9.99. The molecule has 0 radical (unpaired) electrons. The van der Waals surface area contributed by atoms with Crippen molar-refractivity contribution in [1.29, 1.82) is 0 Å². The standard InChI is InChI=1S/C62H71N15O21S2/c1-2-37(69-54(89)38(17-19-78)68-46(80)16-15-39(60(95)96)70-52(87)29-11-13-30(14-12-29)64-24-31-25-66-51-50(67-31)59(94)77-62(63)76-51)53(88)71-40(21-47(81)82)55(90)72-41(22-48(83)84)56(91)74-43(58(93)73-42(23-49(85)86)57(92)75-44(27-99)61(97)98)26-65-45(79)18-20-100-28-36-34-9-5-3-7-32(34)33-8-4-6-10-35(33)36/h3-14,19,25,36-44,64,99H,2,15-18,20-24,26-28H2,1H3,(H,65,79)(H,68,80)(H,69,89)(H,70,87)(H,71,88)(H,72,90)(H,73,93)(H,74,91)(H,75,92)(H,81,82)(H,83,84)(H,85,86)(H,95,96)(H,97,98)(H3,63,66,76,77,94)/t37-,38-,39-,40-,41-,42-,43-,44-/m0/s1. The number of amides is 9. The van der Waals surface area contributed by atoms with Gasteiger partial charge in [-0.25, -0.2) is 19.6 Å². The number of hydrogen-bond donors (Lipinski definition) is 18. The van der Waals surface area contributed by atoms with E-state index in [2.05, 4.69) is 75.1 Å². The first kappa shape index (κ1) is 77.4. The number of benzene rings is 3. The lowest BCUT2D eigenvalue weighted by Gasteiger charge is -2.27. The smallest absolute Gasteiger partial charge is 0.327 e. The number of aliphatic carboxylic acids is 5. The minimum atomic E-state index is -2.25. The molecule has 9 amide bonds. The number of fused-ring (bicyclic) bond motifs is 4. The Bertz CT molecular complexity index is 3950. The molecule has 36 nitrogen and oxygen atoms in total. The first-order valence-corrected chi connectivity index (χ1v) is 32.3. The zero-order valence-electron chi connectivity index (χ0n) is 53.0. The first-order chi connectivity index (χ1) is 47.6. The number of carboxylic acid groups (broad SMARTS) is 5. The molecule has 2 heterocycles. The number of hydrogen-bond acceptors (Lipinski definition) is 23. The number of anilines is 2. The number of nitrogens with two attached hydrogens (primary N) is 1. The zero-order chi connectivity index (χ0) is 73.3. The molecule has 0 fully saturated rings. The SMILES string of the molecule is CC[C@H](NC(=O)[C@H](CC=O)NC(=O)CC[C@H](NC(=O)c1ccc(NCc2cnc3nc(N)[nH]c(=O)c3n2)cc1)C(=O)O)C(=O)N[C@@H](CC(=O)O)C(=O)N[C@@H](CC(=O)O)C(=O)N[C@@H](CNC(=O)CCSCC1c2ccccc2-c2ccccc21)C(=O)N[C@@H](CC(=O)O)C(=O)N[C@@H](CS)C(=O)O. The fraction of sp³-hybridized carbons (Fsp3) is 0.371. The number of H-pyrrole nitrogens is 1. The van der Waals surface area contributed by atoms with Crippen LogP contribution in [0.15, 0.2) is 83.8 Å². The van der Waals surface area contributed by atoms with Crippen LogP contribution in [0.2, 0.25) is 0 Å². The molecular weight excluding hydrogens is 1350 g/mol. The van der Waals surface area contributed by atoms with E-state index in [9.17, 15) is 102 Å². The third-order valence-corrected chi connectivity index (χ3v) is 16.5. The molecule has 38 heteroatoms. The maximum absolute atomic E-state index is 14.1. The molecule has 0 bridgehead atoms. The van der Waals surface area contributed by atoms with Crippen molar-refractivity contribution in [2.45, 2.75) is 119 Å². The van der Waals surface area contributed by atoms with E-state index in [0.29, 0.717) is 17.1 Å². The summed E-state index contributed by atoms with van der Waals surface area (Å²) in [7, 11) is 0. The molecule has 18 N–H and O–H groups in total. The summed E-state index contributed by atoms with van der Waals surface area (Å²) in [4.78, 5) is 221. The Morgan fingerprint density at radius 3 is 1.62 bits per heavy atom. The second-order valence-corrected chi connectivity index (χ2v) is 23.8. The van der Waals surface area contributed by atoms with E-state index in [-0.39, 0.29) is 60.0 Å². The maximum atomic E-state index is 14.1. The number of rotatable bonds is 40. The molecule has 100 heavy (non-hydrogen) atoms. The van der Waals surface area contributed by atoms with Gasteiger partial charge in [0.05, 0.1) is 37.7 Å². The van der Waals surface area contributed by atoms with Gasteiger partial charge in [0.2, 0.25) is 53.2 Å². The van der Waals surface area contributed by atoms with Crippen LogP contribution in [0.25, 0.3) is 22.3 Å². The van der Waals surface area contributed by atoms with Crippen molar-refractivity contribution in [1.82, 2.24) is 67.8 Å². The Hall–Kier alpha value is -11.6. The monoisotopic (exact) mass is 1430 g/mol. The Labute approximate surface area is 576 Å². The van der Waals surface area contributed by atoms with E-state index in [0.717, 1.165) is 22.3 Å². The Balaban J connectivity index is 1.07. The number of nitrogens with zero attached hydrogens (tertiary/aromatic N) is 3. The summed E-state index contributed by atoms with van der Waals surface area (Å²) < 4.78 is 0. The van der Waals surface area contributed by atoms with Crippen LogP contribution in [-0.4, -0.2) is 207 Å². The summed E-state index contributed by atoms with van der Waals surface area (Å²) in [6.45, 7) is 0.574. The highest BCUT2D eigenvalue weighted by atomic mass is 32.2. The van der Waals surface area contributed by atoms with Gasteiger partial charge >= 0.3 is 29.8 Å². The molecule has 532 valence electrons. The fourth-order valence-corrected chi connectivity index (χ4v) is 11.3. The second-order valence-electron chi connectivity index (χ2n) is 22.3. The number of carbonyl (C=O) groups is 15. The summed E-state index contributed by atoms with van der Waals surface area (Å²) in [5.74, 6) is -19.0. The quantitative estimate of drug-likeness (QED) is 0.0112. The van der Waals surface area contributed by atoms with Gasteiger partial charge in [-0.1, -0.05) is 55.5 Å². The third-order valence-electron chi connectivity index (χ3n) is 15.1. The summed E-state index contributed by atoms with van der Waals surface area (Å²) in [5.41, 5.74) is 10.1. The molecule has 0 spiro atoms. The zero-order valence-corrected chi connectivity index (χ0v) is 54.7. The summed E-state index contributed by atoms with van der Waals surface area (Å²) in [6.07, 6.45) is -4.57. The molecule has 5 aromatic rings. The number of aldehydes is 1. The van der Waals surface area contributed by atoms with Gasteiger partial charge in [0.1, 0.15) is 54.6 Å². The first-order valence-electron chi connectivity index (χ1n) is 30.6. The van der Waals surface area contributed by atoms with Crippen molar-refractivity contribution in [3.63, 3.8) is 0 Å². The van der Waals surface area contributed by atoms with Crippen LogP contribution in [0.4, 0.5) is 11.6 Å². The molecule has 3 aromatic carbocycles. The maximum Gasteiger partial charge on any atom is 0.327 e. The molecule has 8 atom stereocenters. The number of carboxylic acids is 5. The summed E-state index contributed by atoms with van der Waals surface area (Å²) in [5, 5.41) is 71.3. The van der Waals surface area contributed by atoms with Crippen molar-refractivity contribution < 1.29 is 97.5 Å². The average molecular weight is 1430 g/mol. The topological polar surface area (TPSA) is 575 Å². The van der Waals surface area contributed by atoms with E-state index < -0.39 is 188 Å². The molecule has 0 saturated heterocycles. The summed E-state index contributed by atoms with van der Waals surface area (Å²) >= 11 is 5.29. The van der Waals surface area contributed by atoms with Gasteiger partial charge in [0, 0.05) is 60.2 Å². The van der Waals surface area contributed by atoms with Gasteiger partial charge in [-0.2, -0.15) is 29.4 Å². The minimum absolute atomic E-state index is 0.00469. The predicted octanol–water partition coefficient (Wildman–Crippen LogP) is -2.25. The number of nitrogen functional groups attached to an aromatic ring is 1. The molecule has 0 unspecified atom stereocenters. The van der Waals surface area contributed by atoms with Gasteiger partial charge in [-0.05, 0) is 59.4 Å². The van der Waals surface area contributed by atoms with Gasteiger partial charge in [-0.3, -0.25) is 67.3 Å². The summed E-state index contributed by atoms with van der Waals surface area (Å²) in [6, 6.07) is 6.11. The van der Waals surface area contributed by atoms with Crippen LogP contribution in [-0.2, 0) is 73.7 Å². The number of aromatic nitrogens is 4. The lowest BCUT2D eigenvalue weighted by molar-refractivity contribution is -0.144. The number of carbonyl (C=O) groups excluding carboxylic acids is 10. The van der Waals surface area contributed by atoms with Crippen LogP contribution >= 0.6 is 24.4 Å². The highest BCUT2D eigenvalue weighted by Crippen LogP contribution is 2.45. The molecule has 2 aromatic heterocycles. The molecule has 6 rings (SSSR count). The normalized spacial score (nSPS) is 13.8. The van der Waals surface area contributed by atoms with Crippen molar-refractivity contribution >= 4 is 136 Å². The Morgan fingerprint density at radius 1 is 0.600 bits per heavy atom. The number of nitrogens with one attached hydrogen (secondary N) is 11. The molecular formula is C62H71N15O21S2. The molecule has 0 aliphatic heterocycles. The van der Waals surface area contributed by atoms with E-state index in [4.69, 9.17) is 5.73 Å². The largest absolute Gasteiger partial charge is 0.481 e. The highest BCUT2D eigenvalue weighted by Gasteiger charge is 2.37. The fourth-order valence-electron chi connectivity index (χ4n) is 10.00. The number of thiol groups is 1. The van der Waals surface area contributed by atoms with Crippen molar-refractivity contribution in [3.05, 3.63) is 112 Å².